The van der Waals surface area contributed by atoms with Crippen molar-refractivity contribution >= 4 is 17.5 Å². The van der Waals surface area contributed by atoms with E-state index in [1.54, 1.807) is 7.05 Å². The molecule has 3 N–H and O–H groups in total. The molecule has 0 heterocycles. The molecule has 1 aliphatic carbocycles. The van der Waals surface area contributed by atoms with E-state index in [9.17, 15) is 9.59 Å². The lowest BCUT2D eigenvalue weighted by Crippen LogP contribution is -2.43. The third-order valence-electron chi connectivity index (χ3n) is 3.92. The van der Waals surface area contributed by atoms with Crippen LogP contribution in [0.5, 0.6) is 0 Å². The average Bonchev–Trinajstić information content (AvgIpc) is 3.26. The first-order valence-electron chi connectivity index (χ1n) is 7.38. The van der Waals surface area contributed by atoms with E-state index in [2.05, 4.69) is 5.32 Å². The number of hydrogen-bond acceptors (Lipinski definition) is 3. The molecule has 0 saturated heterocycles. The van der Waals surface area contributed by atoms with Gasteiger partial charge in [0.1, 0.15) is 0 Å². The first-order valence-corrected chi connectivity index (χ1v) is 7.38. The highest BCUT2D eigenvalue weighted by atomic mass is 16.2. The number of carbonyl (C=O) groups excluding carboxylic acids is 2. The van der Waals surface area contributed by atoms with Crippen LogP contribution in [0.15, 0.2) is 24.3 Å². The van der Waals surface area contributed by atoms with Crippen molar-refractivity contribution in [2.24, 2.45) is 0 Å². The van der Waals surface area contributed by atoms with Gasteiger partial charge in [0.05, 0.1) is 12.0 Å². The number of carbonyl (C=O) groups is 2. The second kappa shape index (κ2) is 6.16. The fraction of sp³-hybridized carbons (Fsp3) is 0.500. The lowest BCUT2D eigenvalue weighted by molar-refractivity contribution is -0.136. The summed E-state index contributed by atoms with van der Waals surface area (Å²) in [4.78, 5) is 25.9. The summed E-state index contributed by atoms with van der Waals surface area (Å²) in [6.07, 6.45) is 2.55. The largest absolute Gasteiger partial charge is 0.399 e. The van der Waals surface area contributed by atoms with E-state index in [0.717, 1.165) is 24.8 Å². The Balaban J connectivity index is 2.02. The van der Waals surface area contributed by atoms with Gasteiger partial charge in [-0.1, -0.05) is 19.1 Å². The summed E-state index contributed by atoms with van der Waals surface area (Å²) in [5.41, 5.74) is 6.92. The molecule has 0 unspecified atom stereocenters. The molecule has 1 aliphatic rings. The lowest BCUT2D eigenvalue weighted by atomic mass is 9.94. The van der Waals surface area contributed by atoms with Crippen molar-refractivity contribution in [1.29, 1.82) is 0 Å². The van der Waals surface area contributed by atoms with Crippen molar-refractivity contribution in [3.8, 4) is 0 Å². The standard InChI is InChI=1S/C16H23N3O2/c1-3-10-18-14(20)11-19(2)15(21)16(8-9-16)12-4-6-13(17)7-5-12/h4-7H,3,8-11,17H2,1-2H3,(H,18,20). The fourth-order valence-corrected chi connectivity index (χ4v) is 2.53. The monoisotopic (exact) mass is 289 g/mol. The number of likely N-dealkylation sites (N-methyl/N-ethyl adjacent to an activating group) is 1. The van der Waals surface area contributed by atoms with Gasteiger partial charge < -0.3 is 16.0 Å². The molecule has 1 fully saturated rings. The number of nitrogens with one attached hydrogen (secondary N) is 1. The van der Waals surface area contributed by atoms with Crippen LogP contribution in [0.2, 0.25) is 0 Å². The molecular weight excluding hydrogens is 266 g/mol. The van der Waals surface area contributed by atoms with Crippen molar-refractivity contribution in [2.75, 3.05) is 25.9 Å². The summed E-state index contributed by atoms with van der Waals surface area (Å²) in [5, 5.41) is 2.79. The van der Waals surface area contributed by atoms with Crippen LogP contribution in [0.4, 0.5) is 5.69 Å². The van der Waals surface area contributed by atoms with Gasteiger partial charge >= 0.3 is 0 Å². The number of hydrogen-bond donors (Lipinski definition) is 2. The molecule has 0 aromatic heterocycles. The normalized spacial score (nSPS) is 15.3. The molecule has 0 radical (unpaired) electrons. The smallest absolute Gasteiger partial charge is 0.239 e. The summed E-state index contributed by atoms with van der Waals surface area (Å²) in [7, 11) is 1.69. The molecule has 21 heavy (non-hydrogen) atoms. The van der Waals surface area contributed by atoms with E-state index >= 15 is 0 Å². The molecule has 0 atom stereocenters. The molecule has 1 saturated carbocycles. The van der Waals surface area contributed by atoms with Gasteiger partial charge in [-0.05, 0) is 37.0 Å². The highest BCUT2D eigenvalue weighted by Crippen LogP contribution is 2.49. The van der Waals surface area contributed by atoms with Gasteiger partial charge in [-0.3, -0.25) is 9.59 Å². The maximum absolute atomic E-state index is 12.6. The predicted molar refractivity (Wildman–Crippen MR) is 82.7 cm³/mol. The topological polar surface area (TPSA) is 75.4 Å². The number of benzene rings is 1. The number of rotatable bonds is 6. The predicted octanol–water partition coefficient (Wildman–Crippen LogP) is 1.29. The Kier molecular flexibility index (Phi) is 4.50. The second-order valence-corrected chi connectivity index (χ2v) is 5.72. The summed E-state index contributed by atoms with van der Waals surface area (Å²) >= 11 is 0. The Labute approximate surface area is 125 Å². The van der Waals surface area contributed by atoms with E-state index in [4.69, 9.17) is 5.73 Å². The minimum atomic E-state index is -0.451. The van der Waals surface area contributed by atoms with Gasteiger partial charge in [-0.15, -0.1) is 0 Å². The van der Waals surface area contributed by atoms with E-state index in [0.29, 0.717) is 12.2 Å². The molecule has 0 aliphatic heterocycles. The third-order valence-corrected chi connectivity index (χ3v) is 3.92. The summed E-state index contributed by atoms with van der Waals surface area (Å²) < 4.78 is 0. The molecule has 0 spiro atoms. The van der Waals surface area contributed by atoms with E-state index in [1.807, 2.05) is 31.2 Å². The highest BCUT2D eigenvalue weighted by molar-refractivity contribution is 5.93. The first-order chi connectivity index (χ1) is 9.99. The van der Waals surface area contributed by atoms with Gasteiger partial charge in [-0.2, -0.15) is 0 Å². The lowest BCUT2D eigenvalue weighted by Gasteiger charge is -2.23. The molecule has 0 bridgehead atoms. The fourth-order valence-electron chi connectivity index (χ4n) is 2.53. The van der Waals surface area contributed by atoms with Crippen LogP contribution in [-0.2, 0) is 15.0 Å². The van der Waals surface area contributed by atoms with Crippen molar-refractivity contribution < 1.29 is 9.59 Å². The van der Waals surface area contributed by atoms with E-state index < -0.39 is 5.41 Å². The number of nitrogen functional groups attached to an aromatic ring is 1. The highest BCUT2D eigenvalue weighted by Gasteiger charge is 2.52. The Morgan fingerprint density at radius 2 is 1.90 bits per heavy atom. The number of anilines is 1. The molecule has 1 aromatic rings. The van der Waals surface area contributed by atoms with Crippen LogP contribution in [0, 0.1) is 0 Å². The zero-order valence-electron chi connectivity index (χ0n) is 12.7. The minimum Gasteiger partial charge on any atom is -0.399 e. The SMILES string of the molecule is CCCNC(=O)CN(C)C(=O)C1(c2ccc(N)cc2)CC1. The van der Waals surface area contributed by atoms with Crippen molar-refractivity contribution in [3.63, 3.8) is 0 Å². The van der Waals surface area contributed by atoms with Crippen LogP contribution in [0.3, 0.4) is 0 Å². The molecule has 5 nitrogen and oxygen atoms in total. The van der Waals surface area contributed by atoms with Crippen LogP contribution in [0.1, 0.15) is 31.7 Å². The van der Waals surface area contributed by atoms with Crippen LogP contribution in [0.25, 0.3) is 0 Å². The molecule has 5 heteroatoms. The van der Waals surface area contributed by atoms with Crippen molar-refractivity contribution in [1.82, 2.24) is 10.2 Å². The Bertz CT molecular complexity index is 521. The van der Waals surface area contributed by atoms with Crippen molar-refractivity contribution in [3.05, 3.63) is 29.8 Å². The first kappa shape index (κ1) is 15.4. The number of nitrogens with zero attached hydrogens (tertiary/aromatic N) is 1. The maximum Gasteiger partial charge on any atom is 0.239 e. The van der Waals surface area contributed by atoms with Gasteiger partial charge in [0.15, 0.2) is 0 Å². The quantitative estimate of drug-likeness (QED) is 0.775. The third kappa shape index (κ3) is 3.35. The summed E-state index contributed by atoms with van der Waals surface area (Å²) in [5.74, 6) is -0.0975. The summed E-state index contributed by atoms with van der Waals surface area (Å²) in [6.45, 7) is 2.75. The van der Waals surface area contributed by atoms with Crippen LogP contribution in [-0.4, -0.2) is 36.9 Å². The summed E-state index contributed by atoms with van der Waals surface area (Å²) in [6, 6.07) is 7.45. The number of nitrogens with two attached hydrogens (primary N) is 1. The van der Waals surface area contributed by atoms with Gasteiger partial charge in [0.2, 0.25) is 11.8 Å². The zero-order valence-corrected chi connectivity index (χ0v) is 12.7. The molecule has 1 aromatic carbocycles. The minimum absolute atomic E-state index is 0.0129. The van der Waals surface area contributed by atoms with Gasteiger partial charge in [0.25, 0.3) is 0 Å². The molecule has 2 amide bonds. The molecule has 2 rings (SSSR count). The van der Waals surface area contributed by atoms with Crippen LogP contribution < -0.4 is 11.1 Å². The average molecular weight is 289 g/mol. The van der Waals surface area contributed by atoms with Gasteiger partial charge in [-0.25, -0.2) is 0 Å². The molecule has 114 valence electrons. The number of amides is 2. The maximum atomic E-state index is 12.6. The van der Waals surface area contributed by atoms with Gasteiger partial charge in [0, 0.05) is 19.3 Å². The van der Waals surface area contributed by atoms with Crippen molar-refractivity contribution in [2.45, 2.75) is 31.6 Å². The zero-order chi connectivity index (χ0) is 15.5. The second-order valence-electron chi connectivity index (χ2n) is 5.72. The Morgan fingerprint density at radius 3 is 2.43 bits per heavy atom. The van der Waals surface area contributed by atoms with E-state index in [-0.39, 0.29) is 18.4 Å². The Morgan fingerprint density at radius 1 is 1.29 bits per heavy atom. The Hall–Kier alpha value is -2.04. The van der Waals surface area contributed by atoms with Crippen LogP contribution >= 0.6 is 0 Å². The van der Waals surface area contributed by atoms with E-state index in [1.165, 1.54) is 4.90 Å². The molecular formula is C16H23N3O2.